The van der Waals surface area contributed by atoms with Gasteiger partial charge >= 0.3 is 5.72 Å². The predicted molar refractivity (Wildman–Crippen MR) is 102 cm³/mol. The molecule has 0 aliphatic heterocycles. The van der Waals surface area contributed by atoms with Crippen molar-refractivity contribution < 1.29 is 10.0 Å². The lowest BCUT2D eigenvalue weighted by Gasteiger charge is -2.36. The maximum Gasteiger partial charge on any atom is 0.370 e. The van der Waals surface area contributed by atoms with Crippen molar-refractivity contribution in [3.63, 3.8) is 0 Å². The zero-order valence-electron chi connectivity index (χ0n) is 16.0. The first kappa shape index (κ1) is 20.0. The van der Waals surface area contributed by atoms with Crippen LogP contribution >= 0.6 is 0 Å². The first-order valence-electron chi connectivity index (χ1n) is 8.68. The van der Waals surface area contributed by atoms with Crippen LogP contribution in [0.1, 0.15) is 41.0 Å². The van der Waals surface area contributed by atoms with E-state index in [1.165, 1.54) is 6.08 Å². The molecular formula is C20H27N3O3. The monoisotopic (exact) mass is 357 g/mol. The van der Waals surface area contributed by atoms with Crippen LogP contribution in [0, 0.1) is 20.9 Å². The molecule has 1 aromatic rings. The molecule has 0 saturated carbocycles. The average molecular weight is 357 g/mol. The molecule has 0 bridgehead atoms. The van der Waals surface area contributed by atoms with Crippen LogP contribution in [0.25, 0.3) is 0 Å². The Balaban J connectivity index is 2.39. The number of aliphatic hydroxyl groups is 1. The molecule has 6 nitrogen and oxygen atoms in total. The number of allylic oxidation sites excluding steroid dienone is 2. The van der Waals surface area contributed by atoms with Crippen molar-refractivity contribution in [2.45, 2.75) is 52.8 Å². The summed E-state index contributed by atoms with van der Waals surface area (Å²) in [6.45, 7) is 10.7. The lowest BCUT2D eigenvalue weighted by atomic mass is 9.70. The SMILES string of the molecule is CC(C)(C)CC(C)(C)C1=CC(N=Nc2ccccc2)C(O)([N+](=O)[O-])C=C1. The molecule has 0 radical (unpaired) electrons. The Kier molecular flexibility index (Phi) is 5.47. The number of hydrogen-bond donors (Lipinski definition) is 1. The Morgan fingerprint density at radius 2 is 1.81 bits per heavy atom. The van der Waals surface area contributed by atoms with E-state index in [1.807, 2.05) is 18.2 Å². The minimum absolute atomic E-state index is 0.0933. The average Bonchev–Trinajstić information content (AvgIpc) is 2.52. The van der Waals surface area contributed by atoms with Gasteiger partial charge in [0, 0.05) is 6.08 Å². The quantitative estimate of drug-likeness (QED) is 0.345. The predicted octanol–water partition coefficient (Wildman–Crippen LogP) is 5.06. The summed E-state index contributed by atoms with van der Waals surface area (Å²) in [5.41, 5.74) is -0.921. The molecule has 0 amide bonds. The molecule has 1 aliphatic rings. The lowest BCUT2D eigenvalue weighted by molar-refractivity contribution is -0.609. The van der Waals surface area contributed by atoms with Gasteiger partial charge < -0.3 is 5.11 Å². The standard InChI is InChI=1S/C20H27N3O3/c1-18(2,3)14-19(4,5)15-11-12-20(24,23(25)26)17(13-15)22-21-16-9-7-6-8-10-16/h6-13,17,24H,14H2,1-5H3. The Bertz CT molecular complexity index is 745. The van der Waals surface area contributed by atoms with E-state index < -0.39 is 16.7 Å². The van der Waals surface area contributed by atoms with Crippen molar-refractivity contribution in [1.29, 1.82) is 0 Å². The third-order valence-corrected chi connectivity index (χ3v) is 4.38. The van der Waals surface area contributed by atoms with Gasteiger partial charge in [-0.3, -0.25) is 10.1 Å². The summed E-state index contributed by atoms with van der Waals surface area (Å²) in [7, 11) is 0. The fourth-order valence-corrected chi connectivity index (χ4v) is 3.45. The van der Waals surface area contributed by atoms with Crippen LogP contribution in [-0.2, 0) is 0 Å². The van der Waals surface area contributed by atoms with Gasteiger partial charge in [0.1, 0.15) is 0 Å². The summed E-state index contributed by atoms with van der Waals surface area (Å²) in [6.07, 6.45) is 5.42. The molecule has 2 atom stereocenters. The van der Waals surface area contributed by atoms with Gasteiger partial charge in [0.15, 0.2) is 6.04 Å². The molecule has 26 heavy (non-hydrogen) atoms. The Morgan fingerprint density at radius 3 is 2.35 bits per heavy atom. The molecule has 1 N–H and O–H groups in total. The number of rotatable bonds is 5. The van der Waals surface area contributed by atoms with Gasteiger partial charge in [-0.05, 0) is 41.0 Å². The van der Waals surface area contributed by atoms with Crippen LogP contribution in [0.5, 0.6) is 0 Å². The number of hydrogen-bond acceptors (Lipinski definition) is 5. The summed E-state index contributed by atoms with van der Waals surface area (Å²) < 4.78 is 0. The number of azo groups is 1. The van der Waals surface area contributed by atoms with Gasteiger partial charge in [-0.15, -0.1) is 0 Å². The second-order valence-corrected chi connectivity index (χ2v) is 8.61. The highest BCUT2D eigenvalue weighted by Gasteiger charge is 2.49. The minimum atomic E-state index is -2.29. The zero-order chi connectivity index (χ0) is 19.6. The minimum Gasteiger partial charge on any atom is -0.325 e. The van der Waals surface area contributed by atoms with E-state index in [4.69, 9.17) is 0 Å². The topological polar surface area (TPSA) is 88.1 Å². The first-order valence-corrected chi connectivity index (χ1v) is 8.68. The van der Waals surface area contributed by atoms with Crippen LogP contribution in [0.3, 0.4) is 0 Å². The van der Waals surface area contributed by atoms with E-state index in [1.54, 1.807) is 24.3 Å². The third kappa shape index (κ3) is 4.64. The number of benzene rings is 1. The van der Waals surface area contributed by atoms with Crippen LogP contribution in [-0.4, -0.2) is 21.8 Å². The van der Waals surface area contributed by atoms with E-state index in [9.17, 15) is 15.2 Å². The second kappa shape index (κ2) is 7.11. The van der Waals surface area contributed by atoms with E-state index in [-0.39, 0.29) is 10.8 Å². The van der Waals surface area contributed by atoms with Crippen molar-refractivity contribution >= 4 is 5.69 Å². The molecule has 0 heterocycles. The smallest absolute Gasteiger partial charge is 0.325 e. The molecule has 140 valence electrons. The lowest BCUT2D eigenvalue weighted by Crippen LogP contribution is -2.47. The normalized spacial score (nSPS) is 23.9. The van der Waals surface area contributed by atoms with Crippen LogP contribution < -0.4 is 0 Å². The van der Waals surface area contributed by atoms with Gasteiger partial charge in [0.05, 0.1) is 10.6 Å². The molecule has 1 aliphatic carbocycles. The maximum absolute atomic E-state index is 11.5. The third-order valence-electron chi connectivity index (χ3n) is 4.38. The van der Waals surface area contributed by atoms with Crippen molar-refractivity contribution in [3.05, 3.63) is 64.2 Å². The fourth-order valence-electron chi connectivity index (χ4n) is 3.45. The molecule has 2 unspecified atom stereocenters. The summed E-state index contributed by atoms with van der Waals surface area (Å²) >= 11 is 0. The van der Waals surface area contributed by atoms with E-state index in [0.29, 0.717) is 5.69 Å². The second-order valence-electron chi connectivity index (χ2n) is 8.61. The van der Waals surface area contributed by atoms with E-state index in [2.05, 4.69) is 44.8 Å². The van der Waals surface area contributed by atoms with Gasteiger partial charge in [-0.25, -0.2) is 0 Å². The summed E-state index contributed by atoms with van der Waals surface area (Å²) in [5, 5.41) is 30.1. The highest BCUT2D eigenvalue weighted by Crippen LogP contribution is 2.42. The van der Waals surface area contributed by atoms with Gasteiger partial charge in [0.25, 0.3) is 0 Å². The van der Waals surface area contributed by atoms with Crippen molar-refractivity contribution in [2.24, 2.45) is 21.1 Å². The summed E-state index contributed by atoms with van der Waals surface area (Å²) in [5.74, 6) is 0. The highest BCUT2D eigenvalue weighted by atomic mass is 16.7. The van der Waals surface area contributed by atoms with Gasteiger partial charge in [-0.2, -0.15) is 10.2 Å². The largest absolute Gasteiger partial charge is 0.370 e. The highest BCUT2D eigenvalue weighted by molar-refractivity contribution is 5.37. The maximum atomic E-state index is 11.5. The Labute approximate surface area is 154 Å². The Hall–Kier alpha value is -2.34. The van der Waals surface area contributed by atoms with Crippen molar-refractivity contribution in [3.8, 4) is 0 Å². The van der Waals surface area contributed by atoms with Crippen LogP contribution in [0.15, 0.2) is 64.4 Å². The van der Waals surface area contributed by atoms with E-state index >= 15 is 0 Å². The van der Waals surface area contributed by atoms with Crippen LogP contribution in [0.4, 0.5) is 5.69 Å². The van der Waals surface area contributed by atoms with E-state index in [0.717, 1.165) is 12.0 Å². The molecule has 0 fully saturated rings. The molecule has 0 aromatic heterocycles. The summed E-state index contributed by atoms with van der Waals surface area (Å²) in [4.78, 5) is 10.7. The molecule has 0 saturated heterocycles. The zero-order valence-corrected chi connectivity index (χ0v) is 16.0. The molecule has 1 aromatic carbocycles. The summed E-state index contributed by atoms with van der Waals surface area (Å²) in [6, 6.07) is 7.88. The number of nitro groups is 1. The molecule has 2 rings (SSSR count). The molecule has 0 spiro atoms. The molecular weight excluding hydrogens is 330 g/mol. The Morgan fingerprint density at radius 1 is 1.19 bits per heavy atom. The van der Waals surface area contributed by atoms with Crippen molar-refractivity contribution in [2.75, 3.05) is 0 Å². The van der Waals surface area contributed by atoms with Crippen molar-refractivity contribution in [1.82, 2.24) is 0 Å². The molecule has 6 heteroatoms. The first-order chi connectivity index (χ1) is 11.9. The van der Waals surface area contributed by atoms with Crippen LogP contribution in [0.2, 0.25) is 0 Å². The number of nitrogens with zero attached hydrogens (tertiary/aromatic N) is 3. The van der Waals surface area contributed by atoms with Gasteiger partial charge in [-0.1, -0.05) is 58.9 Å². The fraction of sp³-hybridized carbons (Fsp3) is 0.500. The van der Waals surface area contributed by atoms with Gasteiger partial charge in [0.2, 0.25) is 0 Å².